The van der Waals surface area contributed by atoms with Gasteiger partial charge in [-0.3, -0.25) is 9.78 Å². The van der Waals surface area contributed by atoms with E-state index in [0.29, 0.717) is 29.4 Å². The highest BCUT2D eigenvalue weighted by molar-refractivity contribution is 7.89. The summed E-state index contributed by atoms with van der Waals surface area (Å²) in [6.45, 7) is 0.329. The second-order valence-corrected chi connectivity index (χ2v) is 9.34. The van der Waals surface area contributed by atoms with Crippen LogP contribution in [0.15, 0.2) is 84.1 Å². The lowest BCUT2D eigenvalue weighted by Crippen LogP contribution is -2.38. The number of benzene rings is 2. The number of nitrogens with zero attached hydrogens (tertiary/aromatic N) is 4. The molecule has 1 amide bonds. The van der Waals surface area contributed by atoms with E-state index in [9.17, 15) is 13.2 Å². The molecule has 2 aromatic carbocycles. The number of primary sulfonamides is 1. The van der Waals surface area contributed by atoms with Gasteiger partial charge in [0.1, 0.15) is 5.75 Å². The van der Waals surface area contributed by atoms with Crippen LogP contribution in [0, 0.1) is 0 Å². The Balaban J connectivity index is 1.45. The molecule has 1 aliphatic rings. The number of ether oxygens (including phenoxy) is 1. The van der Waals surface area contributed by atoms with Crippen LogP contribution >= 0.6 is 0 Å². The summed E-state index contributed by atoms with van der Waals surface area (Å²) in [5.41, 5.74) is 3.36. The van der Waals surface area contributed by atoms with Crippen molar-refractivity contribution in [3.63, 3.8) is 0 Å². The molecule has 35 heavy (non-hydrogen) atoms. The van der Waals surface area contributed by atoms with Crippen molar-refractivity contribution in [3.05, 3.63) is 84.8 Å². The van der Waals surface area contributed by atoms with E-state index in [1.807, 2.05) is 24.3 Å². The molecule has 10 nitrogen and oxygen atoms in total. The zero-order valence-corrected chi connectivity index (χ0v) is 19.1. The van der Waals surface area contributed by atoms with Crippen molar-refractivity contribution in [2.45, 2.75) is 11.4 Å². The lowest BCUT2D eigenvalue weighted by atomic mass is 10.1. The quantitative estimate of drug-likeness (QED) is 0.422. The van der Waals surface area contributed by atoms with E-state index < -0.39 is 10.0 Å². The number of pyridine rings is 1. The average molecular weight is 489 g/mol. The molecule has 3 N–H and O–H groups in total. The summed E-state index contributed by atoms with van der Waals surface area (Å²) in [6, 6.07) is 17.0. The van der Waals surface area contributed by atoms with Crippen LogP contribution in [0.25, 0.3) is 11.3 Å². The molecule has 0 fully saturated rings. The van der Waals surface area contributed by atoms with E-state index in [4.69, 9.17) is 9.88 Å². The lowest BCUT2D eigenvalue weighted by molar-refractivity contribution is -0.121. The Morgan fingerprint density at radius 2 is 1.94 bits per heavy atom. The van der Waals surface area contributed by atoms with Gasteiger partial charge in [0.25, 0.3) is 5.91 Å². The molecule has 0 atom stereocenters. The number of aromatic nitrogens is 3. The summed E-state index contributed by atoms with van der Waals surface area (Å²) >= 11 is 0. The highest BCUT2D eigenvalue weighted by atomic mass is 32.2. The van der Waals surface area contributed by atoms with Crippen LogP contribution in [0.1, 0.15) is 5.56 Å². The first-order valence-corrected chi connectivity index (χ1v) is 12.1. The first kappa shape index (κ1) is 22.4. The van der Waals surface area contributed by atoms with Gasteiger partial charge in [0.2, 0.25) is 16.0 Å². The molecule has 0 radical (unpaired) electrons. The number of carbonyl (C=O) groups excluding carboxylic acids is 1. The van der Waals surface area contributed by atoms with Crippen molar-refractivity contribution in [1.29, 1.82) is 0 Å². The average Bonchev–Trinajstić information content (AvgIpc) is 2.86. The zero-order valence-electron chi connectivity index (χ0n) is 18.3. The molecule has 5 rings (SSSR count). The van der Waals surface area contributed by atoms with Gasteiger partial charge < -0.3 is 15.0 Å². The minimum absolute atomic E-state index is 0.0216. The molecular formula is C24H20N6O4S. The van der Waals surface area contributed by atoms with Crippen LogP contribution in [0.4, 0.5) is 17.3 Å². The van der Waals surface area contributed by atoms with Crippen LogP contribution in [0.2, 0.25) is 0 Å². The van der Waals surface area contributed by atoms with Gasteiger partial charge in [-0.2, -0.15) is 0 Å². The Kier molecular flexibility index (Phi) is 5.85. The van der Waals surface area contributed by atoms with E-state index in [1.54, 1.807) is 47.8 Å². The number of fused-ring (bicyclic) bond motifs is 1. The molecule has 1 aliphatic heterocycles. The molecule has 0 unspecified atom stereocenters. The Morgan fingerprint density at radius 1 is 1.06 bits per heavy atom. The highest BCUT2D eigenvalue weighted by Crippen LogP contribution is 2.36. The van der Waals surface area contributed by atoms with Crippen LogP contribution in [0.5, 0.6) is 5.75 Å². The van der Waals surface area contributed by atoms with Crippen molar-refractivity contribution in [1.82, 2.24) is 15.0 Å². The van der Waals surface area contributed by atoms with Crippen LogP contribution < -0.4 is 20.1 Å². The molecular weight excluding hydrogens is 468 g/mol. The standard InChI is InChI=1S/C24H20N6O4S/c25-35(32,33)19-5-1-4-18(12-19)28-24-27-10-8-20(29-24)17-6-7-22-21(11-17)30(23(31)15-34-22)14-16-3-2-9-26-13-16/h1-13H,14-15H2,(H2,25,32,33)(H,27,28,29). The molecule has 0 saturated heterocycles. The molecule has 11 heteroatoms. The van der Waals surface area contributed by atoms with Gasteiger partial charge in [0, 0.05) is 29.8 Å². The molecule has 176 valence electrons. The Labute approximate surface area is 201 Å². The molecule has 0 bridgehead atoms. The summed E-state index contributed by atoms with van der Waals surface area (Å²) in [4.78, 5) is 27.2. The van der Waals surface area contributed by atoms with Crippen molar-refractivity contribution in [2.75, 3.05) is 16.8 Å². The molecule has 3 heterocycles. The monoisotopic (exact) mass is 488 g/mol. The van der Waals surface area contributed by atoms with Crippen LogP contribution in [-0.4, -0.2) is 35.9 Å². The predicted octanol–water partition coefficient (Wildman–Crippen LogP) is 2.86. The first-order chi connectivity index (χ1) is 16.9. The maximum Gasteiger partial charge on any atom is 0.265 e. The number of sulfonamides is 1. The summed E-state index contributed by atoms with van der Waals surface area (Å²) < 4.78 is 28.9. The highest BCUT2D eigenvalue weighted by Gasteiger charge is 2.26. The number of hydrogen-bond acceptors (Lipinski definition) is 8. The van der Waals surface area contributed by atoms with Crippen molar-refractivity contribution in [2.24, 2.45) is 5.14 Å². The van der Waals surface area contributed by atoms with Crippen molar-refractivity contribution >= 4 is 33.3 Å². The topological polar surface area (TPSA) is 140 Å². The number of rotatable bonds is 6. The zero-order chi connectivity index (χ0) is 24.4. The smallest absolute Gasteiger partial charge is 0.265 e. The fourth-order valence-corrected chi connectivity index (χ4v) is 4.23. The third-order valence-electron chi connectivity index (χ3n) is 5.34. The molecule has 0 spiro atoms. The molecule has 4 aromatic rings. The number of carbonyl (C=O) groups is 1. The second-order valence-electron chi connectivity index (χ2n) is 7.78. The van der Waals surface area contributed by atoms with Gasteiger partial charge in [-0.1, -0.05) is 12.1 Å². The van der Waals surface area contributed by atoms with Gasteiger partial charge in [-0.25, -0.2) is 23.5 Å². The number of amides is 1. The minimum atomic E-state index is -3.84. The number of hydrogen-bond donors (Lipinski definition) is 2. The van der Waals surface area contributed by atoms with Crippen LogP contribution in [0.3, 0.4) is 0 Å². The summed E-state index contributed by atoms with van der Waals surface area (Å²) in [5.74, 6) is 0.717. The second kappa shape index (κ2) is 9.12. The number of nitrogens with two attached hydrogens (primary N) is 1. The Bertz CT molecular complexity index is 1510. The van der Waals surface area contributed by atoms with Gasteiger partial charge in [-0.15, -0.1) is 0 Å². The first-order valence-electron chi connectivity index (χ1n) is 10.6. The number of anilines is 3. The van der Waals surface area contributed by atoms with Crippen molar-refractivity contribution < 1.29 is 17.9 Å². The third-order valence-corrected chi connectivity index (χ3v) is 6.25. The van der Waals surface area contributed by atoms with Gasteiger partial charge in [-0.05, 0) is 54.1 Å². The number of nitrogens with one attached hydrogen (secondary N) is 1. The molecule has 0 aliphatic carbocycles. The minimum Gasteiger partial charge on any atom is -0.482 e. The fourth-order valence-electron chi connectivity index (χ4n) is 3.67. The lowest BCUT2D eigenvalue weighted by Gasteiger charge is -2.29. The van der Waals surface area contributed by atoms with E-state index in [1.165, 1.54) is 12.1 Å². The maximum atomic E-state index is 12.7. The predicted molar refractivity (Wildman–Crippen MR) is 129 cm³/mol. The van der Waals surface area contributed by atoms with E-state index in [0.717, 1.165) is 11.1 Å². The third kappa shape index (κ3) is 4.95. The van der Waals surface area contributed by atoms with E-state index >= 15 is 0 Å². The van der Waals surface area contributed by atoms with Gasteiger partial charge >= 0.3 is 0 Å². The largest absolute Gasteiger partial charge is 0.482 e. The SMILES string of the molecule is NS(=O)(=O)c1cccc(Nc2nccc(-c3ccc4c(c3)N(Cc3cccnc3)C(=O)CO4)n2)c1. The van der Waals surface area contributed by atoms with Gasteiger partial charge in [0.05, 0.1) is 22.8 Å². The van der Waals surface area contributed by atoms with Crippen molar-refractivity contribution in [3.8, 4) is 17.0 Å². The summed E-state index contributed by atoms with van der Waals surface area (Å²) in [6.07, 6.45) is 4.99. The Hall–Kier alpha value is -4.35. The molecule has 2 aromatic heterocycles. The fraction of sp³-hybridized carbons (Fsp3) is 0.0833. The maximum absolute atomic E-state index is 12.7. The van der Waals surface area contributed by atoms with E-state index in [-0.39, 0.29) is 23.4 Å². The van der Waals surface area contributed by atoms with Crippen LogP contribution in [-0.2, 0) is 21.4 Å². The van der Waals surface area contributed by atoms with E-state index in [2.05, 4.69) is 20.3 Å². The Morgan fingerprint density at radius 3 is 2.74 bits per heavy atom. The van der Waals surface area contributed by atoms with Gasteiger partial charge in [0.15, 0.2) is 6.61 Å². The normalized spacial score (nSPS) is 13.2. The summed E-state index contributed by atoms with van der Waals surface area (Å²) in [7, 11) is -3.84. The molecule has 0 saturated carbocycles. The summed E-state index contributed by atoms with van der Waals surface area (Å²) in [5, 5.41) is 8.22.